The first-order valence-electron chi connectivity index (χ1n) is 2.66. The van der Waals surface area contributed by atoms with Gasteiger partial charge in [-0.2, -0.15) is 0 Å². The molecule has 2 N–H and O–H groups in total. The summed E-state index contributed by atoms with van der Waals surface area (Å²) in [6.45, 7) is 0. The molecule has 58 valence electrons. The Balaban J connectivity index is 3.83. The summed E-state index contributed by atoms with van der Waals surface area (Å²) in [6.07, 6.45) is -0.279. The van der Waals surface area contributed by atoms with Gasteiger partial charge in [0.15, 0.2) is 0 Å². The fraction of sp³-hybridized carbons (Fsp3) is 0.600. The van der Waals surface area contributed by atoms with E-state index in [1.807, 2.05) is 0 Å². The molecule has 0 aliphatic rings. The second kappa shape index (κ2) is 4.24. The molecule has 0 unspecified atom stereocenters. The Morgan fingerprint density at radius 1 is 1.70 bits per heavy atom. The standard InChI is InChI=1S/C5H8ClNO3/c1-7-3(5(6)10)2-4(8)9/h3,7H,2H2,1H3,(H,8,9)/t3-/m1/s1. The number of carbonyl (C=O) groups is 2. The molecule has 10 heavy (non-hydrogen) atoms. The van der Waals surface area contributed by atoms with E-state index < -0.39 is 17.3 Å². The molecule has 5 heteroatoms. The SMILES string of the molecule is CN[C@H](CC(=O)O)C(=O)Cl. The highest BCUT2D eigenvalue weighted by atomic mass is 35.5. The number of aliphatic carboxylic acids is 1. The summed E-state index contributed by atoms with van der Waals surface area (Å²) < 4.78 is 0. The first-order chi connectivity index (χ1) is 4.57. The van der Waals surface area contributed by atoms with E-state index in [0.29, 0.717) is 0 Å². The lowest BCUT2D eigenvalue weighted by Gasteiger charge is -2.06. The molecule has 0 heterocycles. The van der Waals surface area contributed by atoms with E-state index in [4.69, 9.17) is 16.7 Å². The van der Waals surface area contributed by atoms with Crippen molar-refractivity contribution < 1.29 is 14.7 Å². The Kier molecular flexibility index (Phi) is 3.99. The van der Waals surface area contributed by atoms with E-state index in [1.165, 1.54) is 7.05 Å². The number of carbonyl (C=O) groups excluding carboxylic acids is 1. The molecule has 0 saturated carbocycles. The number of nitrogens with one attached hydrogen (secondary N) is 1. The van der Waals surface area contributed by atoms with Crippen molar-refractivity contribution >= 4 is 22.8 Å². The molecule has 0 aromatic heterocycles. The summed E-state index contributed by atoms with van der Waals surface area (Å²) in [5, 5.41) is 10.0. The van der Waals surface area contributed by atoms with Gasteiger partial charge in [-0.1, -0.05) is 0 Å². The molecule has 0 rings (SSSR count). The minimum absolute atomic E-state index is 0.279. The van der Waals surface area contributed by atoms with Gasteiger partial charge in [0.05, 0.1) is 12.5 Å². The molecule has 0 aliphatic heterocycles. The molecule has 0 bridgehead atoms. The fourth-order valence-electron chi connectivity index (χ4n) is 0.470. The number of halogens is 1. The minimum Gasteiger partial charge on any atom is -0.481 e. The molecule has 0 aromatic rings. The third-order valence-corrected chi connectivity index (χ3v) is 1.26. The summed E-state index contributed by atoms with van der Waals surface area (Å²) in [4.78, 5) is 20.4. The van der Waals surface area contributed by atoms with Gasteiger partial charge < -0.3 is 10.4 Å². The molecule has 0 spiro atoms. The van der Waals surface area contributed by atoms with Crippen LogP contribution >= 0.6 is 11.6 Å². The van der Waals surface area contributed by atoms with Crippen LogP contribution in [-0.2, 0) is 9.59 Å². The normalized spacial score (nSPS) is 12.6. The smallest absolute Gasteiger partial charge is 0.305 e. The molecule has 0 saturated heterocycles. The number of hydrogen-bond donors (Lipinski definition) is 2. The predicted octanol–water partition coefficient (Wildman–Crippen LogP) is -0.186. The fourth-order valence-corrected chi connectivity index (χ4v) is 0.657. The van der Waals surface area contributed by atoms with Gasteiger partial charge in [0.1, 0.15) is 0 Å². The van der Waals surface area contributed by atoms with Crippen LogP contribution in [0.4, 0.5) is 0 Å². The van der Waals surface area contributed by atoms with E-state index >= 15 is 0 Å². The van der Waals surface area contributed by atoms with Crippen molar-refractivity contribution in [3.8, 4) is 0 Å². The Hall–Kier alpha value is -0.610. The summed E-state index contributed by atoms with van der Waals surface area (Å²) in [6, 6.07) is -0.779. The average molecular weight is 166 g/mol. The van der Waals surface area contributed by atoms with Crippen molar-refractivity contribution in [1.82, 2.24) is 5.32 Å². The van der Waals surface area contributed by atoms with E-state index in [1.54, 1.807) is 0 Å². The van der Waals surface area contributed by atoms with Crippen LogP contribution in [0.25, 0.3) is 0 Å². The Labute approximate surface area is 63.2 Å². The number of likely N-dealkylation sites (N-methyl/N-ethyl adjacent to an activating group) is 1. The third kappa shape index (κ3) is 3.42. The highest BCUT2D eigenvalue weighted by Gasteiger charge is 2.16. The van der Waals surface area contributed by atoms with Crippen LogP contribution in [0.15, 0.2) is 0 Å². The zero-order chi connectivity index (χ0) is 8.15. The summed E-state index contributed by atoms with van der Waals surface area (Å²) in [7, 11) is 1.48. The summed E-state index contributed by atoms with van der Waals surface area (Å²) >= 11 is 5.02. The lowest BCUT2D eigenvalue weighted by Crippen LogP contribution is -2.33. The van der Waals surface area contributed by atoms with E-state index in [9.17, 15) is 9.59 Å². The second-order valence-electron chi connectivity index (χ2n) is 1.74. The highest BCUT2D eigenvalue weighted by molar-refractivity contribution is 6.64. The highest BCUT2D eigenvalue weighted by Crippen LogP contribution is 1.95. The van der Waals surface area contributed by atoms with Crippen LogP contribution in [0.2, 0.25) is 0 Å². The van der Waals surface area contributed by atoms with Gasteiger partial charge in [-0.15, -0.1) is 0 Å². The van der Waals surface area contributed by atoms with Gasteiger partial charge in [-0.25, -0.2) is 0 Å². The van der Waals surface area contributed by atoms with Gasteiger partial charge in [0, 0.05) is 0 Å². The second-order valence-corrected chi connectivity index (χ2v) is 2.12. The van der Waals surface area contributed by atoms with Crippen molar-refractivity contribution in [1.29, 1.82) is 0 Å². The predicted molar refractivity (Wildman–Crippen MR) is 36.0 cm³/mol. The van der Waals surface area contributed by atoms with Crippen LogP contribution in [0.3, 0.4) is 0 Å². The minimum atomic E-state index is -1.05. The number of hydrogen-bond acceptors (Lipinski definition) is 3. The van der Waals surface area contributed by atoms with Crippen molar-refractivity contribution in [2.24, 2.45) is 0 Å². The number of rotatable bonds is 4. The molecule has 0 aliphatic carbocycles. The Bertz CT molecular complexity index is 148. The summed E-state index contributed by atoms with van der Waals surface area (Å²) in [5.41, 5.74) is 0. The van der Waals surface area contributed by atoms with Crippen LogP contribution in [-0.4, -0.2) is 29.4 Å². The van der Waals surface area contributed by atoms with Crippen LogP contribution < -0.4 is 5.32 Å². The largest absolute Gasteiger partial charge is 0.481 e. The zero-order valence-corrected chi connectivity index (χ0v) is 6.18. The van der Waals surface area contributed by atoms with E-state index in [-0.39, 0.29) is 6.42 Å². The van der Waals surface area contributed by atoms with Gasteiger partial charge in [-0.3, -0.25) is 9.59 Å². The van der Waals surface area contributed by atoms with E-state index in [2.05, 4.69) is 5.32 Å². The van der Waals surface area contributed by atoms with Gasteiger partial charge in [0.2, 0.25) is 5.24 Å². The maximum Gasteiger partial charge on any atom is 0.305 e. The van der Waals surface area contributed by atoms with Crippen LogP contribution in [0.5, 0.6) is 0 Å². The first-order valence-corrected chi connectivity index (χ1v) is 3.04. The molecular weight excluding hydrogens is 158 g/mol. The molecule has 0 amide bonds. The van der Waals surface area contributed by atoms with E-state index in [0.717, 1.165) is 0 Å². The van der Waals surface area contributed by atoms with Gasteiger partial charge in [0.25, 0.3) is 0 Å². The molecular formula is C5H8ClNO3. The maximum absolute atomic E-state index is 10.4. The van der Waals surface area contributed by atoms with Crippen molar-refractivity contribution in [3.63, 3.8) is 0 Å². The Morgan fingerprint density at radius 2 is 2.20 bits per heavy atom. The lowest BCUT2D eigenvalue weighted by molar-refractivity contribution is -0.138. The Morgan fingerprint density at radius 3 is 2.30 bits per heavy atom. The molecule has 1 atom stereocenters. The molecule has 0 aromatic carbocycles. The molecule has 0 fully saturated rings. The van der Waals surface area contributed by atoms with Crippen LogP contribution in [0, 0.1) is 0 Å². The monoisotopic (exact) mass is 165 g/mol. The van der Waals surface area contributed by atoms with Gasteiger partial charge in [-0.05, 0) is 18.6 Å². The molecule has 0 radical (unpaired) electrons. The van der Waals surface area contributed by atoms with Crippen LogP contribution in [0.1, 0.15) is 6.42 Å². The molecule has 4 nitrogen and oxygen atoms in total. The number of carboxylic acid groups (broad SMARTS) is 1. The zero-order valence-electron chi connectivity index (χ0n) is 5.43. The topological polar surface area (TPSA) is 66.4 Å². The number of carboxylic acids is 1. The maximum atomic E-state index is 10.4. The van der Waals surface area contributed by atoms with Crippen molar-refractivity contribution in [2.75, 3.05) is 7.05 Å². The van der Waals surface area contributed by atoms with Gasteiger partial charge >= 0.3 is 5.97 Å². The average Bonchev–Trinajstić information content (AvgIpc) is 1.81. The lowest BCUT2D eigenvalue weighted by atomic mass is 10.2. The summed E-state index contributed by atoms with van der Waals surface area (Å²) in [5.74, 6) is -1.05. The van der Waals surface area contributed by atoms with Crippen molar-refractivity contribution in [2.45, 2.75) is 12.5 Å². The third-order valence-electron chi connectivity index (χ3n) is 1.00. The van der Waals surface area contributed by atoms with Crippen molar-refractivity contribution in [3.05, 3.63) is 0 Å². The first kappa shape index (κ1) is 9.39. The quantitative estimate of drug-likeness (QED) is 0.567.